The fourth-order valence-corrected chi connectivity index (χ4v) is 0.766. The third-order valence-electron chi connectivity index (χ3n) is 0.636. The SMILES string of the molecule is Fc1nc(Cl)cc(Cl)n1. The Morgan fingerprint density at radius 3 is 2.00 bits per heavy atom. The van der Waals surface area contributed by atoms with Crippen molar-refractivity contribution in [1.82, 2.24) is 9.97 Å². The van der Waals surface area contributed by atoms with E-state index >= 15 is 0 Å². The van der Waals surface area contributed by atoms with Crippen LogP contribution in [0.4, 0.5) is 4.39 Å². The van der Waals surface area contributed by atoms with Crippen LogP contribution in [0, 0.1) is 6.08 Å². The summed E-state index contributed by atoms with van der Waals surface area (Å²) >= 11 is 10.5. The van der Waals surface area contributed by atoms with E-state index in [-0.39, 0.29) is 10.3 Å². The first-order valence-electron chi connectivity index (χ1n) is 2.04. The van der Waals surface area contributed by atoms with Crippen LogP contribution in [0.1, 0.15) is 0 Å². The van der Waals surface area contributed by atoms with Crippen LogP contribution in [-0.4, -0.2) is 9.97 Å². The van der Waals surface area contributed by atoms with Crippen LogP contribution in [0.2, 0.25) is 10.3 Å². The van der Waals surface area contributed by atoms with Crippen LogP contribution < -0.4 is 0 Å². The number of rotatable bonds is 0. The molecule has 0 fully saturated rings. The third-order valence-corrected chi connectivity index (χ3v) is 1.02. The van der Waals surface area contributed by atoms with Crippen LogP contribution in [0.15, 0.2) is 6.07 Å². The fourth-order valence-electron chi connectivity index (χ4n) is 0.364. The van der Waals surface area contributed by atoms with Gasteiger partial charge in [-0.25, -0.2) is 0 Å². The van der Waals surface area contributed by atoms with Crippen molar-refractivity contribution in [3.8, 4) is 0 Å². The van der Waals surface area contributed by atoms with Gasteiger partial charge in [0.05, 0.1) is 0 Å². The summed E-state index contributed by atoms with van der Waals surface area (Å²) in [5.41, 5.74) is 0. The van der Waals surface area contributed by atoms with E-state index in [1.807, 2.05) is 0 Å². The predicted molar refractivity (Wildman–Crippen MR) is 32.0 cm³/mol. The summed E-state index contributed by atoms with van der Waals surface area (Å²) in [7, 11) is 0. The van der Waals surface area contributed by atoms with E-state index in [0.29, 0.717) is 0 Å². The lowest BCUT2D eigenvalue weighted by Gasteiger charge is -1.88. The lowest BCUT2D eigenvalue weighted by molar-refractivity contribution is 0.539. The van der Waals surface area contributed by atoms with Gasteiger partial charge in [0.15, 0.2) is 0 Å². The first-order valence-corrected chi connectivity index (χ1v) is 2.79. The Balaban J connectivity index is 3.17. The zero-order chi connectivity index (χ0) is 6.85. The molecule has 2 nitrogen and oxygen atoms in total. The Morgan fingerprint density at radius 1 is 1.22 bits per heavy atom. The molecule has 0 N–H and O–H groups in total. The van der Waals surface area contributed by atoms with Gasteiger partial charge in [-0.1, -0.05) is 23.2 Å². The van der Waals surface area contributed by atoms with Crippen LogP contribution in [0.3, 0.4) is 0 Å². The molecule has 1 aromatic heterocycles. The Bertz CT molecular complexity index is 177. The van der Waals surface area contributed by atoms with Crippen LogP contribution in [0.5, 0.6) is 0 Å². The molecule has 0 bridgehead atoms. The second-order valence-electron chi connectivity index (χ2n) is 1.28. The molecule has 0 aliphatic heterocycles. The van der Waals surface area contributed by atoms with Crippen LogP contribution in [0.25, 0.3) is 0 Å². The largest absolute Gasteiger partial charge is 0.311 e. The van der Waals surface area contributed by atoms with Crippen molar-refractivity contribution in [1.29, 1.82) is 0 Å². The maximum absolute atomic E-state index is 12.0. The van der Waals surface area contributed by atoms with Gasteiger partial charge in [-0.15, -0.1) is 0 Å². The molecule has 9 heavy (non-hydrogen) atoms. The fraction of sp³-hybridized carbons (Fsp3) is 0. The Kier molecular flexibility index (Phi) is 1.83. The Labute approximate surface area is 60.6 Å². The van der Waals surface area contributed by atoms with E-state index < -0.39 is 6.08 Å². The zero-order valence-corrected chi connectivity index (χ0v) is 5.62. The molecule has 0 radical (unpaired) electrons. The minimum absolute atomic E-state index is 0.00694. The summed E-state index contributed by atoms with van der Waals surface area (Å²) in [6.45, 7) is 0. The van der Waals surface area contributed by atoms with Gasteiger partial charge in [-0.05, 0) is 0 Å². The van der Waals surface area contributed by atoms with Gasteiger partial charge in [0.25, 0.3) is 0 Å². The molecule has 1 heterocycles. The zero-order valence-electron chi connectivity index (χ0n) is 4.11. The van der Waals surface area contributed by atoms with Gasteiger partial charge in [0.2, 0.25) is 0 Å². The van der Waals surface area contributed by atoms with Crippen molar-refractivity contribution < 1.29 is 4.39 Å². The molecule has 0 spiro atoms. The maximum atomic E-state index is 12.0. The van der Waals surface area contributed by atoms with Crippen molar-refractivity contribution in [2.45, 2.75) is 0 Å². The van der Waals surface area contributed by atoms with Gasteiger partial charge in [-0.2, -0.15) is 14.4 Å². The smallest absolute Gasteiger partial charge is 0.190 e. The number of hydrogen-bond donors (Lipinski definition) is 0. The quantitative estimate of drug-likeness (QED) is 0.435. The van der Waals surface area contributed by atoms with Gasteiger partial charge < -0.3 is 0 Å². The van der Waals surface area contributed by atoms with E-state index in [9.17, 15) is 4.39 Å². The number of aromatic nitrogens is 2. The molecular formula is C4HCl2FN2. The Morgan fingerprint density at radius 2 is 1.67 bits per heavy atom. The molecular weight excluding hydrogens is 166 g/mol. The highest BCUT2D eigenvalue weighted by Crippen LogP contribution is 2.09. The standard InChI is InChI=1S/C4HCl2FN2/c5-2-1-3(6)9-4(7)8-2/h1H. The highest BCUT2D eigenvalue weighted by Gasteiger charge is 1.97. The molecule has 0 aliphatic carbocycles. The summed E-state index contributed by atoms with van der Waals surface area (Å²) in [5.74, 6) is 0. The molecule has 5 heteroatoms. The lowest BCUT2D eigenvalue weighted by atomic mass is 10.7. The molecule has 0 aromatic carbocycles. The van der Waals surface area contributed by atoms with E-state index in [1.54, 1.807) is 0 Å². The topological polar surface area (TPSA) is 25.8 Å². The molecule has 0 aliphatic rings. The highest BCUT2D eigenvalue weighted by atomic mass is 35.5. The lowest BCUT2D eigenvalue weighted by Crippen LogP contribution is -1.87. The van der Waals surface area contributed by atoms with Crippen molar-refractivity contribution in [3.63, 3.8) is 0 Å². The minimum Gasteiger partial charge on any atom is -0.190 e. The van der Waals surface area contributed by atoms with E-state index in [4.69, 9.17) is 23.2 Å². The molecule has 1 aromatic rings. The molecule has 0 unspecified atom stereocenters. The number of halogens is 3. The molecule has 0 saturated carbocycles. The monoisotopic (exact) mass is 166 g/mol. The van der Waals surface area contributed by atoms with E-state index in [1.165, 1.54) is 6.07 Å². The van der Waals surface area contributed by atoms with Gasteiger partial charge in [-0.3, -0.25) is 0 Å². The summed E-state index contributed by atoms with van der Waals surface area (Å²) < 4.78 is 12.0. The van der Waals surface area contributed by atoms with Gasteiger partial charge in [0, 0.05) is 6.07 Å². The maximum Gasteiger partial charge on any atom is 0.311 e. The average Bonchev–Trinajstić information content (AvgIpc) is 1.59. The summed E-state index contributed by atoms with van der Waals surface area (Å²) in [6.07, 6.45) is -0.910. The Hall–Kier alpha value is -0.410. The third kappa shape index (κ3) is 1.77. The molecule has 0 amide bonds. The van der Waals surface area contributed by atoms with Crippen LogP contribution in [-0.2, 0) is 0 Å². The molecule has 1 rings (SSSR count). The normalized spacial score (nSPS) is 9.67. The number of hydrogen-bond acceptors (Lipinski definition) is 2. The van der Waals surface area contributed by atoms with Crippen LogP contribution >= 0.6 is 23.2 Å². The first kappa shape index (κ1) is 6.71. The summed E-state index contributed by atoms with van der Waals surface area (Å²) in [6, 6.07) is 1.26. The second kappa shape index (κ2) is 2.45. The summed E-state index contributed by atoms with van der Waals surface area (Å²) in [4.78, 5) is 6.28. The van der Waals surface area contributed by atoms with E-state index in [0.717, 1.165) is 0 Å². The van der Waals surface area contributed by atoms with Crippen molar-refractivity contribution >= 4 is 23.2 Å². The summed E-state index contributed by atoms with van der Waals surface area (Å²) in [5, 5.41) is 0.0139. The molecule has 48 valence electrons. The molecule has 0 saturated heterocycles. The minimum atomic E-state index is -0.910. The predicted octanol–water partition coefficient (Wildman–Crippen LogP) is 1.92. The van der Waals surface area contributed by atoms with Crippen molar-refractivity contribution in [3.05, 3.63) is 22.5 Å². The number of nitrogens with zero attached hydrogens (tertiary/aromatic N) is 2. The highest BCUT2D eigenvalue weighted by molar-refractivity contribution is 6.33. The van der Waals surface area contributed by atoms with E-state index in [2.05, 4.69) is 9.97 Å². The van der Waals surface area contributed by atoms with Gasteiger partial charge >= 0.3 is 6.08 Å². The average molecular weight is 167 g/mol. The first-order chi connectivity index (χ1) is 4.18. The van der Waals surface area contributed by atoms with Crippen molar-refractivity contribution in [2.24, 2.45) is 0 Å². The van der Waals surface area contributed by atoms with Crippen molar-refractivity contribution in [2.75, 3.05) is 0 Å². The second-order valence-corrected chi connectivity index (χ2v) is 2.06. The molecule has 0 atom stereocenters. The van der Waals surface area contributed by atoms with Gasteiger partial charge in [0.1, 0.15) is 10.3 Å².